The second kappa shape index (κ2) is 6.67. The third-order valence-electron chi connectivity index (χ3n) is 5.31. The minimum atomic E-state index is 0.974. The molecule has 0 nitrogen and oxygen atoms in total. The van der Waals surface area contributed by atoms with Crippen LogP contribution in [0.2, 0.25) is 0 Å². The molecule has 1 aliphatic carbocycles. The molecule has 0 bridgehead atoms. The van der Waals surface area contributed by atoms with E-state index in [1.54, 1.807) is 0 Å². The van der Waals surface area contributed by atoms with E-state index in [0.717, 1.165) is 29.6 Å². The van der Waals surface area contributed by atoms with Crippen molar-refractivity contribution < 1.29 is 0 Å². The summed E-state index contributed by atoms with van der Waals surface area (Å²) in [5.41, 5.74) is 0. The molecule has 1 fully saturated rings. The molecule has 0 heterocycles. The van der Waals surface area contributed by atoms with Crippen molar-refractivity contribution in [1.29, 1.82) is 0 Å². The molecule has 0 spiro atoms. The Labute approximate surface area is 103 Å². The van der Waals surface area contributed by atoms with Crippen LogP contribution in [0.4, 0.5) is 0 Å². The second-order valence-corrected chi connectivity index (χ2v) is 6.19. The van der Waals surface area contributed by atoms with Gasteiger partial charge in [0.1, 0.15) is 0 Å². The molecule has 0 aliphatic heterocycles. The van der Waals surface area contributed by atoms with E-state index < -0.39 is 0 Å². The Bertz CT molecular complexity index is 180. The van der Waals surface area contributed by atoms with Gasteiger partial charge in [-0.1, -0.05) is 66.7 Å². The number of hydrogen-bond donors (Lipinski definition) is 0. The Morgan fingerprint density at radius 3 is 2.12 bits per heavy atom. The summed E-state index contributed by atoms with van der Waals surface area (Å²) in [6.45, 7) is 12.0. The lowest BCUT2D eigenvalue weighted by atomic mass is 9.59. The average Bonchev–Trinajstić information content (AvgIpc) is 2.27. The molecule has 0 heteroatoms. The highest BCUT2D eigenvalue weighted by atomic mass is 14.4. The van der Waals surface area contributed by atoms with E-state index in [0.29, 0.717) is 0 Å². The summed E-state index contributed by atoms with van der Waals surface area (Å²) in [4.78, 5) is 0. The lowest BCUT2D eigenvalue weighted by Gasteiger charge is -2.46. The molecule has 4 atom stereocenters. The Kier molecular flexibility index (Phi) is 5.86. The van der Waals surface area contributed by atoms with Crippen LogP contribution >= 0.6 is 0 Å². The van der Waals surface area contributed by atoms with Crippen molar-refractivity contribution in [3.05, 3.63) is 0 Å². The van der Waals surface area contributed by atoms with Crippen molar-refractivity contribution in [2.75, 3.05) is 0 Å². The first-order chi connectivity index (χ1) is 7.63. The van der Waals surface area contributed by atoms with E-state index in [9.17, 15) is 0 Å². The van der Waals surface area contributed by atoms with E-state index in [1.165, 1.54) is 38.5 Å². The number of rotatable bonds is 7. The van der Waals surface area contributed by atoms with Gasteiger partial charge in [-0.2, -0.15) is 0 Å². The van der Waals surface area contributed by atoms with Gasteiger partial charge < -0.3 is 0 Å². The molecule has 96 valence electrons. The highest BCUT2D eigenvalue weighted by Gasteiger charge is 2.39. The second-order valence-electron chi connectivity index (χ2n) is 6.19. The van der Waals surface area contributed by atoms with Crippen molar-refractivity contribution in [3.63, 3.8) is 0 Å². The van der Waals surface area contributed by atoms with Crippen molar-refractivity contribution in [3.8, 4) is 0 Å². The third kappa shape index (κ3) is 3.25. The van der Waals surface area contributed by atoms with Crippen molar-refractivity contribution in [1.82, 2.24) is 0 Å². The third-order valence-corrected chi connectivity index (χ3v) is 5.31. The van der Waals surface area contributed by atoms with Gasteiger partial charge in [-0.3, -0.25) is 0 Å². The minimum absolute atomic E-state index is 0.974. The highest BCUT2D eigenvalue weighted by Crippen LogP contribution is 2.47. The van der Waals surface area contributed by atoms with Crippen LogP contribution in [0, 0.1) is 29.6 Å². The molecule has 4 unspecified atom stereocenters. The van der Waals surface area contributed by atoms with Gasteiger partial charge in [0.2, 0.25) is 0 Å². The molecule has 0 radical (unpaired) electrons. The molecule has 16 heavy (non-hydrogen) atoms. The summed E-state index contributed by atoms with van der Waals surface area (Å²) in [6, 6.07) is 0. The van der Waals surface area contributed by atoms with Crippen LogP contribution in [-0.4, -0.2) is 0 Å². The van der Waals surface area contributed by atoms with Crippen LogP contribution in [0.25, 0.3) is 0 Å². The predicted molar refractivity (Wildman–Crippen MR) is 73.5 cm³/mol. The summed E-state index contributed by atoms with van der Waals surface area (Å²) in [7, 11) is 0. The van der Waals surface area contributed by atoms with E-state index in [1.807, 2.05) is 0 Å². The Morgan fingerprint density at radius 1 is 1.06 bits per heavy atom. The largest absolute Gasteiger partial charge is 0.0651 e. The molecule has 0 N–H and O–H groups in total. The molecule has 0 aromatic heterocycles. The van der Waals surface area contributed by atoms with Gasteiger partial charge >= 0.3 is 0 Å². The fourth-order valence-electron chi connectivity index (χ4n) is 3.77. The molecule has 1 saturated carbocycles. The SMILES string of the molecule is CCC(CC)CCC(C)C1CC(C)C1CC. The van der Waals surface area contributed by atoms with Crippen LogP contribution in [0.1, 0.15) is 73.1 Å². The molecular weight excluding hydrogens is 192 g/mol. The van der Waals surface area contributed by atoms with Crippen molar-refractivity contribution in [2.24, 2.45) is 29.6 Å². The van der Waals surface area contributed by atoms with E-state index >= 15 is 0 Å². The van der Waals surface area contributed by atoms with E-state index in [-0.39, 0.29) is 0 Å². The first-order valence-electron chi connectivity index (χ1n) is 7.63. The zero-order valence-corrected chi connectivity index (χ0v) is 12.1. The van der Waals surface area contributed by atoms with Crippen molar-refractivity contribution in [2.45, 2.75) is 73.1 Å². The van der Waals surface area contributed by atoms with Gasteiger partial charge in [0.15, 0.2) is 0 Å². The average molecular weight is 224 g/mol. The lowest BCUT2D eigenvalue weighted by molar-refractivity contribution is 0.0319. The fourth-order valence-corrected chi connectivity index (χ4v) is 3.77. The molecule has 0 aromatic rings. The zero-order chi connectivity index (χ0) is 12.1. The predicted octanol–water partition coefficient (Wildman–Crippen LogP) is 5.52. The van der Waals surface area contributed by atoms with Gasteiger partial charge in [0, 0.05) is 0 Å². The minimum Gasteiger partial charge on any atom is -0.0651 e. The molecule has 0 aromatic carbocycles. The monoisotopic (exact) mass is 224 g/mol. The normalized spacial score (nSPS) is 31.5. The first-order valence-corrected chi connectivity index (χ1v) is 7.63. The maximum absolute atomic E-state index is 2.50. The summed E-state index contributed by atoms with van der Waals surface area (Å²) < 4.78 is 0. The van der Waals surface area contributed by atoms with Gasteiger partial charge in [-0.25, -0.2) is 0 Å². The molecule has 0 saturated heterocycles. The summed E-state index contributed by atoms with van der Waals surface area (Å²) in [5, 5.41) is 0. The van der Waals surface area contributed by atoms with Crippen LogP contribution in [0.15, 0.2) is 0 Å². The van der Waals surface area contributed by atoms with Gasteiger partial charge in [-0.05, 0) is 36.0 Å². The maximum Gasteiger partial charge on any atom is -0.0355 e. The maximum atomic E-state index is 2.50. The number of hydrogen-bond acceptors (Lipinski definition) is 0. The molecular formula is C16H32. The van der Waals surface area contributed by atoms with Gasteiger partial charge in [-0.15, -0.1) is 0 Å². The van der Waals surface area contributed by atoms with Gasteiger partial charge in [0.05, 0.1) is 0 Å². The van der Waals surface area contributed by atoms with Crippen molar-refractivity contribution >= 4 is 0 Å². The fraction of sp³-hybridized carbons (Fsp3) is 1.00. The quantitative estimate of drug-likeness (QED) is 0.534. The van der Waals surface area contributed by atoms with E-state index in [2.05, 4.69) is 34.6 Å². The summed E-state index contributed by atoms with van der Waals surface area (Å²) in [5.74, 6) is 5.05. The Morgan fingerprint density at radius 2 is 1.69 bits per heavy atom. The lowest BCUT2D eigenvalue weighted by Crippen LogP contribution is -2.38. The standard InChI is InChI=1S/C16H32/c1-6-14(7-2)10-9-12(4)16-11-13(5)15(16)8-3/h12-16H,6-11H2,1-5H3. The summed E-state index contributed by atoms with van der Waals surface area (Å²) >= 11 is 0. The Balaban J connectivity index is 2.27. The van der Waals surface area contributed by atoms with Crippen LogP contribution in [0.3, 0.4) is 0 Å². The molecule has 1 rings (SSSR count). The first kappa shape index (κ1) is 14.1. The topological polar surface area (TPSA) is 0 Å². The molecule has 0 amide bonds. The van der Waals surface area contributed by atoms with Crippen LogP contribution in [-0.2, 0) is 0 Å². The zero-order valence-electron chi connectivity index (χ0n) is 12.1. The highest BCUT2D eigenvalue weighted by molar-refractivity contribution is 4.88. The van der Waals surface area contributed by atoms with Crippen LogP contribution in [0.5, 0.6) is 0 Å². The summed E-state index contributed by atoms with van der Waals surface area (Å²) in [6.07, 6.45) is 8.60. The Hall–Kier alpha value is 0. The van der Waals surface area contributed by atoms with Gasteiger partial charge in [0.25, 0.3) is 0 Å². The van der Waals surface area contributed by atoms with E-state index in [4.69, 9.17) is 0 Å². The smallest absolute Gasteiger partial charge is 0.0355 e. The van der Waals surface area contributed by atoms with Crippen LogP contribution < -0.4 is 0 Å². The molecule has 1 aliphatic rings.